The van der Waals surface area contributed by atoms with E-state index in [1.807, 2.05) is 7.05 Å². The fraction of sp³-hybridized carbons (Fsp3) is 0.583. The van der Waals surface area contributed by atoms with E-state index in [2.05, 4.69) is 10.3 Å². The van der Waals surface area contributed by atoms with Crippen molar-refractivity contribution in [3.63, 3.8) is 0 Å². The van der Waals surface area contributed by atoms with E-state index < -0.39 is 0 Å². The zero-order valence-corrected chi connectivity index (χ0v) is 9.04. The molecule has 1 aliphatic carbocycles. The summed E-state index contributed by atoms with van der Waals surface area (Å²) in [5, 5.41) is 3.23. The van der Waals surface area contributed by atoms with Crippen LogP contribution in [-0.4, -0.2) is 12.0 Å². The SMILES string of the molecule is CNC(c1ccncc1F)C1CCCC1. The molecule has 1 aromatic heterocycles. The van der Waals surface area contributed by atoms with Crippen molar-refractivity contribution < 1.29 is 4.39 Å². The van der Waals surface area contributed by atoms with Crippen molar-refractivity contribution in [1.29, 1.82) is 0 Å². The molecule has 1 saturated carbocycles. The molecule has 1 aromatic rings. The highest BCUT2D eigenvalue weighted by molar-refractivity contribution is 5.18. The number of aromatic nitrogens is 1. The number of pyridine rings is 1. The number of nitrogens with zero attached hydrogens (tertiary/aromatic N) is 1. The quantitative estimate of drug-likeness (QED) is 0.826. The summed E-state index contributed by atoms with van der Waals surface area (Å²) in [5.74, 6) is 0.385. The van der Waals surface area contributed by atoms with Gasteiger partial charge >= 0.3 is 0 Å². The van der Waals surface area contributed by atoms with Gasteiger partial charge in [-0.2, -0.15) is 0 Å². The Labute approximate surface area is 89.9 Å². The summed E-state index contributed by atoms with van der Waals surface area (Å²) in [5.41, 5.74) is 0.763. The maximum Gasteiger partial charge on any atom is 0.146 e. The van der Waals surface area contributed by atoms with Crippen molar-refractivity contribution in [3.05, 3.63) is 29.8 Å². The number of nitrogens with one attached hydrogen (secondary N) is 1. The average Bonchev–Trinajstić information content (AvgIpc) is 2.75. The van der Waals surface area contributed by atoms with Crippen molar-refractivity contribution in [1.82, 2.24) is 10.3 Å². The largest absolute Gasteiger partial charge is 0.313 e. The zero-order chi connectivity index (χ0) is 10.7. The van der Waals surface area contributed by atoms with E-state index in [0.29, 0.717) is 5.92 Å². The highest BCUT2D eigenvalue weighted by Gasteiger charge is 2.26. The Hall–Kier alpha value is -0.960. The van der Waals surface area contributed by atoms with E-state index >= 15 is 0 Å². The van der Waals surface area contributed by atoms with Crippen LogP contribution in [0.4, 0.5) is 4.39 Å². The van der Waals surface area contributed by atoms with Crippen LogP contribution >= 0.6 is 0 Å². The average molecular weight is 208 g/mol. The summed E-state index contributed by atoms with van der Waals surface area (Å²) >= 11 is 0. The molecule has 1 aliphatic rings. The molecular formula is C12H17FN2. The van der Waals surface area contributed by atoms with Gasteiger partial charge in [0, 0.05) is 17.8 Å². The normalized spacial score (nSPS) is 19.3. The molecule has 1 heterocycles. The Morgan fingerprint density at radius 3 is 2.80 bits per heavy atom. The molecule has 3 heteroatoms. The van der Waals surface area contributed by atoms with E-state index in [-0.39, 0.29) is 11.9 Å². The van der Waals surface area contributed by atoms with Crippen LogP contribution in [0, 0.1) is 11.7 Å². The molecule has 2 nitrogen and oxygen atoms in total. The number of hydrogen-bond donors (Lipinski definition) is 1. The number of rotatable bonds is 3. The van der Waals surface area contributed by atoms with Gasteiger partial charge in [-0.05, 0) is 31.9 Å². The molecule has 15 heavy (non-hydrogen) atoms. The molecule has 1 fully saturated rings. The standard InChI is InChI=1S/C12H17FN2/c1-14-12(9-4-2-3-5-9)10-6-7-15-8-11(10)13/h6-9,12,14H,2-5H2,1H3. The van der Waals surface area contributed by atoms with E-state index in [1.165, 1.54) is 31.9 Å². The summed E-state index contributed by atoms with van der Waals surface area (Å²) in [7, 11) is 1.91. The van der Waals surface area contributed by atoms with Crippen LogP contribution in [0.3, 0.4) is 0 Å². The second-order valence-electron chi connectivity index (χ2n) is 4.21. The van der Waals surface area contributed by atoms with Gasteiger partial charge in [-0.25, -0.2) is 4.39 Å². The molecule has 0 aromatic carbocycles. The molecule has 0 radical (unpaired) electrons. The van der Waals surface area contributed by atoms with E-state index in [4.69, 9.17) is 0 Å². The minimum absolute atomic E-state index is 0.149. The maximum absolute atomic E-state index is 13.6. The third-order valence-corrected chi connectivity index (χ3v) is 3.32. The molecule has 1 N–H and O–H groups in total. The van der Waals surface area contributed by atoms with Crippen LogP contribution < -0.4 is 5.32 Å². The van der Waals surface area contributed by atoms with Crippen LogP contribution in [0.1, 0.15) is 37.3 Å². The Morgan fingerprint density at radius 2 is 2.20 bits per heavy atom. The van der Waals surface area contributed by atoms with Gasteiger partial charge in [0.2, 0.25) is 0 Å². The van der Waals surface area contributed by atoms with Crippen molar-refractivity contribution in [2.24, 2.45) is 5.92 Å². The monoisotopic (exact) mass is 208 g/mol. The van der Waals surface area contributed by atoms with Crippen LogP contribution in [0.25, 0.3) is 0 Å². The number of halogens is 1. The summed E-state index contributed by atoms with van der Waals surface area (Å²) in [4.78, 5) is 3.79. The van der Waals surface area contributed by atoms with Crippen molar-refractivity contribution >= 4 is 0 Å². The van der Waals surface area contributed by atoms with Crippen LogP contribution in [-0.2, 0) is 0 Å². The highest BCUT2D eigenvalue weighted by atomic mass is 19.1. The zero-order valence-electron chi connectivity index (χ0n) is 9.04. The van der Waals surface area contributed by atoms with Gasteiger partial charge in [0.15, 0.2) is 0 Å². The van der Waals surface area contributed by atoms with Gasteiger partial charge < -0.3 is 5.32 Å². The summed E-state index contributed by atoms with van der Waals surface area (Å²) in [6.45, 7) is 0. The van der Waals surface area contributed by atoms with Gasteiger partial charge in [-0.15, -0.1) is 0 Å². The maximum atomic E-state index is 13.6. The van der Waals surface area contributed by atoms with Gasteiger partial charge in [-0.3, -0.25) is 4.98 Å². The third kappa shape index (κ3) is 2.17. The summed E-state index contributed by atoms with van der Waals surface area (Å²) < 4.78 is 13.6. The molecule has 1 unspecified atom stereocenters. The van der Waals surface area contributed by atoms with Gasteiger partial charge in [0.05, 0.1) is 6.20 Å². The lowest BCUT2D eigenvalue weighted by Crippen LogP contribution is -2.24. The van der Waals surface area contributed by atoms with Crippen molar-refractivity contribution in [3.8, 4) is 0 Å². The Balaban J connectivity index is 2.22. The Bertz CT molecular complexity index is 321. The first kappa shape index (κ1) is 10.6. The second-order valence-corrected chi connectivity index (χ2v) is 4.21. The van der Waals surface area contributed by atoms with Crippen LogP contribution in [0.5, 0.6) is 0 Å². The molecule has 2 rings (SSSR count). The lowest BCUT2D eigenvalue weighted by atomic mass is 9.92. The third-order valence-electron chi connectivity index (χ3n) is 3.32. The first-order valence-corrected chi connectivity index (χ1v) is 5.59. The fourth-order valence-corrected chi connectivity index (χ4v) is 2.57. The Morgan fingerprint density at radius 1 is 1.47 bits per heavy atom. The summed E-state index contributed by atoms with van der Waals surface area (Å²) in [6, 6.07) is 1.94. The van der Waals surface area contributed by atoms with Gasteiger partial charge in [0.1, 0.15) is 5.82 Å². The fourth-order valence-electron chi connectivity index (χ4n) is 2.57. The molecule has 0 amide bonds. The summed E-state index contributed by atoms with van der Waals surface area (Å²) in [6.07, 6.45) is 7.91. The smallest absolute Gasteiger partial charge is 0.146 e. The van der Waals surface area contributed by atoms with Crippen molar-refractivity contribution in [2.75, 3.05) is 7.05 Å². The van der Waals surface area contributed by atoms with Gasteiger partial charge in [0.25, 0.3) is 0 Å². The molecular weight excluding hydrogens is 191 g/mol. The Kier molecular flexibility index (Phi) is 3.31. The molecule has 0 saturated heterocycles. The van der Waals surface area contributed by atoms with Crippen LogP contribution in [0.2, 0.25) is 0 Å². The van der Waals surface area contributed by atoms with E-state index in [0.717, 1.165) is 5.56 Å². The topological polar surface area (TPSA) is 24.9 Å². The lowest BCUT2D eigenvalue weighted by Gasteiger charge is -2.23. The van der Waals surface area contributed by atoms with Crippen LogP contribution in [0.15, 0.2) is 18.5 Å². The predicted molar refractivity (Wildman–Crippen MR) is 58.0 cm³/mol. The highest BCUT2D eigenvalue weighted by Crippen LogP contribution is 2.35. The minimum Gasteiger partial charge on any atom is -0.313 e. The minimum atomic E-state index is -0.191. The second kappa shape index (κ2) is 4.71. The molecule has 82 valence electrons. The van der Waals surface area contributed by atoms with E-state index in [1.54, 1.807) is 12.3 Å². The molecule has 0 bridgehead atoms. The van der Waals surface area contributed by atoms with Gasteiger partial charge in [-0.1, -0.05) is 12.8 Å². The molecule has 0 spiro atoms. The van der Waals surface area contributed by atoms with Crippen molar-refractivity contribution in [2.45, 2.75) is 31.7 Å². The van der Waals surface area contributed by atoms with E-state index in [9.17, 15) is 4.39 Å². The first-order chi connectivity index (χ1) is 7.33. The molecule has 0 aliphatic heterocycles. The number of hydrogen-bond acceptors (Lipinski definition) is 2. The predicted octanol–water partition coefficient (Wildman–Crippen LogP) is 2.67. The first-order valence-electron chi connectivity index (χ1n) is 5.59. The lowest BCUT2D eigenvalue weighted by molar-refractivity contribution is 0.377. The molecule has 1 atom stereocenters.